The number of carbonyl (C=O) groups is 2. The predicted octanol–water partition coefficient (Wildman–Crippen LogP) is 4.48. The van der Waals surface area contributed by atoms with Crippen LogP contribution in [0.3, 0.4) is 0 Å². The molecule has 5 nitrogen and oxygen atoms in total. The topological polar surface area (TPSA) is 67.4 Å². The van der Waals surface area contributed by atoms with Crippen LogP contribution in [0.2, 0.25) is 0 Å². The molecule has 0 radical (unpaired) electrons. The molecule has 0 aromatic heterocycles. The number of nitrogens with one attached hydrogen (secondary N) is 2. The van der Waals surface area contributed by atoms with Crippen LogP contribution in [0.4, 0.5) is 20.2 Å². The van der Waals surface area contributed by atoms with Gasteiger partial charge in [-0.2, -0.15) is 0 Å². The van der Waals surface area contributed by atoms with E-state index in [4.69, 9.17) is 4.74 Å². The molecule has 3 aromatic rings. The molecule has 0 saturated heterocycles. The zero-order chi connectivity index (χ0) is 20.1. The molecular weight excluding hydrogens is 366 g/mol. The summed E-state index contributed by atoms with van der Waals surface area (Å²) in [6.07, 6.45) is 0. The Morgan fingerprint density at radius 1 is 0.786 bits per heavy atom. The normalized spacial score (nSPS) is 10.2. The van der Waals surface area contributed by atoms with E-state index in [0.29, 0.717) is 22.7 Å². The van der Waals surface area contributed by atoms with Crippen molar-refractivity contribution in [3.8, 4) is 5.75 Å². The van der Waals surface area contributed by atoms with Crippen molar-refractivity contribution in [2.24, 2.45) is 0 Å². The van der Waals surface area contributed by atoms with Gasteiger partial charge in [-0.1, -0.05) is 18.2 Å². The van der Waals surface area contributed by atoms with Crippen LogP contribution in [0.15, 0.2) is 66.7 Å². The highest BCUT2D eigenvalue weighted by molar-refractivity contribution is 6.06. The Morgan fingerprint density at radius 2 is 1.43 bits per heavy atom. The Labute approximate surface area is 160 Å². The molecule has 0 saturated carbocycles. The van der Waals surface area contributed by atoms with Gasteiger partial charge in [-0.15, -0.1) is 0 Å². The van der Waals surface area contributed by atoms with Crippen molar-refractivity contribution >= 4 is 23.2 Å². The molecule has 0 aliphatic carbocycles. The van der Waals surface area contributed by atoms with Gasteiger partial charge in [0.05, 0.1) is 12.8 Å². The van der Waals surface area contributed by atoms with Gasteiger partial charge in [0, 0.05) is 11.3 Å². The number of ether oxygens (including phenoxy) is 1. The molecule has 2 amide bonds. The second kappa shape index (κ2) is 8.30. The van der Waals surface area contributed by atoms with Crippen molar-refractivity contribution in [3.05, 3.63) is 89.5 Å². The van der Waals surface area contributed by atoms with Gasteiger partial charge < -0.3 is 15.4 Å². The van der Waals surface area contributed by atoms with Gasteiger partial charge in [0.15, 0.2) is 0 Å². The van der Waals surface area contributed by atoms with Crippen LogP contribution in [0.5, 0.6) is 5.75 Å². The lowest BCUT2D eigenvalue weighted by Crippen LogP contribution is -2.16. The summed E-state index contributed by atoms with van der Waals surface area (Å²) in [6.45, 7) is 0. The van der Waals surface area contributed by atoms with E-state index in [1.54, 1.807) is 24.3 Å². The van der Waals surface area contributed by atoms with Crippen molar-refractivity contribution in [1.82, 2.24) is 0 Å². The summed E-state index contributed by atoms with van der Waals surface area (Å²) in [5.74, 6) is -2.67. The summed E-state index contributed by atoms with van der Waals surface area (Å²) in [4.78, 5) is 24.5. The highest BCUT2D eigenvalue weighted by atomic mass is 19.1. The molecule has 0 aliphatic heterocycles. The van der Waals surface area contributed by atoms with Gasteiger partial charge in [0.2, 0.25) is 0 Å². The van der Waals surface area contributed by atoms with E-state index >= 15 is 0 Å². The molecule has 28 heavy (non-hydrogen) atoms. The molecule has 3 rings (SSSR count). The second-order valence-electron chi connectivity index (χ2n) is 5.78. The molecule has 7 heteroatoms. The van der Waals surface area contributed by atoms with Crippen LogP contribution in [-0.2, 0) is 0 Å². The van der Waals surface area contributed by atoms with Crippen LogP contribution < -0.4 is 15.4 Å². The van der Waals surface area contributed by atoms with Crippen molar-refractivity contribution in [2.45, 2.75) is 0 Å². The second-order valence-corrected chi connectivity index (χ2v) is 5.78. The maximum Gasteiger partial charge on any atom is 0.261 e. The number of methoxy groups -OCH3 is 1. The average molecular weight is 382 g/mol. The quantitative estimate of drug-likeness (QED) is 0.684. The SMILES string of the molecule is COc1ccccc1NC(=O)c1ccc(NC(=O)c2c(F)cccc2F)cc1. The number of carbonyl (C=O) groups excluding carboxylic acids is 2. The van der Waals surface area contributed by atoms with E-state index in [1.165, 1.54) is 37.4 Å². The first-order valence-corrected chi connectivity index (χ1v) is 8.29. The Kier molecular flexibility index (Phi) is 5.64. The molecule has 0 spiro atoms. The fraction of sp³-hybridized carbons (Fsp3) is 0.0476. The number of anilines is 2. The zero-order valence-electron chi connectivity index (χ0n) is 14.8. The van der Waals surface area contributed by atoms with E-state index in [9.17, 15) is 18.4 Å². The number of hydrogen-bond donors (Lipinski definition) is 2. The lowest BCUT2D eigenvalue weighted by molar-refractivity contribution is 0.101. The minimum absolute atomic E-state index is 0.293. The number of rotatable bonds is 5. The summed E-state index contributed by atoms with van der Waals surface area (Å²) in [6, 6.07) is 16.0. The van der Waals surface area contributed by atoms with Crippen LogP contribution in [0.1, 0.15) is 20.7 Å². The average Bonchev–Trinajstić information content (AvgIpc) is 2.68. The van der Waals surface area contributed by atoms with Gasteiger partial charge >= 0.3 is 0 Å². The van der Waals surface area contributed by atoms with Gasteiger partial charge in [0.25, 0.3) is 11.8 Å². The van der Waals surface area contributed by atoms with Crippen molar-refractivity contribution in [2.75, 3.05) is 17.7 Å². The highest BCUT2D eigenvalue weighted by Gasteiger charge is 2.17. The minimum atomic E-state index is -0.953. The number of hydrogen-bond acceptors (Lipinski definition) is 3. The third-order valence-corrected chi connectivity index (χ3v) is 3.95. The minimum Gasteiger partial charge on any atom is -0.495 e. The van der Waals surface area contributed by atoms with E-state index in [0.717, 1.165) is 12.1 Å². The first-order valence-electron chi connectivity index (χ1n) is 8.29. The molecule has 0 bridgehead atoms. The van der Waals surface area contributed by atoms with Crippen LogP contribution >= 0.6 is 0 Å². The highest BCUT2D eigenvalue weighted by Crippen LogP contribution is 2.24. The smallest absolute Gasteiger partial charge is 0.261 e. The summed E-state index contributed by atoms with van der Waals surface area (Å²) in [5, 5.41) is 5.13. The summed E-state index contributed by atoms with van der Waals surface area (Å²) in [7, 11) is 1.50. The Balaban J connectivity index is 1.71. The third-order valence-electron chi connectivity index (χ3n) is 3.95. The standard InChI is InChI=1S/C21H16F2N2O3/c1-28-18-8-3-2-7-17(18)25-20(26)13-9-11-14(12-10-13)24-21(27)19-15(22)5-4-6-16(19)23/h2-12H,1H3,(H,24,27)(H,25,26). The maximum atomic E-state index is 13.7. The predicted molar refractivity (Wildman–Crippen MR) is 102 cm³/mol. The largest absolute Gasteiger partial charge is 0.495 e. The van der Waals surface area contributed by atoms with E-state index in [1.807, 2.05) is 0 Å². The van der Waals surface area contributed by atoms with Crippen LogP contribution in [-0.4, -0.2) is 18.9 Å². The van der Waals surface area contributed by atoms with Gasteiger partial charge in [0.1, 0.15) is 22.9 Å². The Morgan fingerprint density at radius 3 is 2.07 bits per heavy atom. The number of benzene rings is 3. The third kappa shape index (κ3) is 4.15. The monoisotopic (exact) mass is 382 g/mol. The number of amides is 2. The van der Waals surface area contributed by atoms with E-state index < -0.39 is 23.1 Å². The first-order chi connectivity index (χ1) is 13.5. The molecule has 3 aromatic carbocycles. The van der Waals surface area contributed by atoms with Gasteiger partial charge in [-0.3, -0.25) is 9.59 Å². The van der Waals surface area contributed by atoms with Crippen molar-refractivity contribution in [1.29, 1.82) is 0 Å². The Bertz CT molecular complexity index is 1000. The molecule has 0 aliphatic rings. The molecule has 142 valence electrons. The van der Waals surface area contributed by atoms with Gasteiger partial charge in [-0.05, 0) is 48.5 Å². The molecule has 0 fully saturated rings. The molecule has 0 unspecified atom stereocenters. The molecule has 0 atom stereocenters. The molecular formula is C21H16F2N2O3. The number of halogens is 2. The van der Waals surface area contributed by atoms with Gasteiger partial charge in [-0.25, -0.2) is 8.78 Å². The fourth-order valence-corrected chi connectivity index (χ4v) is 2.56. The van der Waals surface area contributed by atoms with Crippen molar-refractivity contribution < 1.29 is 23.1 Å². The van der Waals surface area contributed by atoms with Crippen molar-refractivity contribution in [3.63, 3.8) is 0 Å². The fourth-order valence-electron chi connectivity index (χ4n) is 2.56. The number of para-hydroxylation sites is 2. The van der Waals surface area contributed by atoms with E-state index in [2.05, 4.69) is 10.6 Å². The van der Waals surface area contributed by atoms with Crippen LogP contribution in [0.25, 0.3) is 0 Å². The van der Waals surface area contributed by atoms with Crippen LogP contribution in [0, 0.1) is 11.6 Å². The summed E-state index contributed by atoms with van der Waals surface area (Å²) < 4.78 is 32.5. The Hall–Kier alpha value is -3.74. The summed E-state index contributed by atoms with van der Waals surface area (Å²) >= 11 is 0. The zero-order valence-corrected chi connectivity index (χ0v) is 14.8. The molecule has 2 N–H and O–H groups in total. The maximum absolute atomic E-state index is 13.7. The first kappa shape index (κ1) is 19.0. The lowest BCUT2D eigenvalue weighted by atomic mass is 10.1. The molecule has 0 heterocycles. The van der Waals surface area contributed by atoms with E-state index in [-0.39, 0.29) is 5.91 Å². The summed E-state index contributed by atoms with van der Waals surface area (Å²) in [5.41, 5.74) is 0.477. The lowest BCUT2D eigenvalue weighted by Gasteiger charge is -2.10.